The van der Waals surface area contributed by atoms with Gasteiger partial charge in [-0.05, 0) is 43.2 Å². The first-order valence-corrected chi connectivity index (χ1v) is 9.62. The van der Waals surface area contributed by atoms with Crippen molar-refractivity contribution in [1.82, 2.24) is 15.6 Å². The molecule has 2 aliphatic heterocycles. The van der Waals surface area contributed by atoms with E-state index in [2.05, 4.69) is 50.7 Å². The summed E-state index contributed by atoms with van der Waals surface area (Å²) in [7, 11) is 2.00. The fourth-order valence-corrected chi connectivity index (χ4v) is 4.30. The summed E-state index contributed by atoms with van der Waals surface area (Å²) >= 11 is 9.81. The lowest BCUT2D eigenvalue weighted by atomic mass is 9.97. The molecule has 136 valence electrons. The lowest BCUT2D eigenvalue weighted by molar-refractivity contribution is 0.0446. The summed E-state index contributed by atoms with van der Waals surface area (Å²) in [5.41, 5.74) is 8.20. The van der Waals surface area contributed by atoms with Crippen LogP contribution in [0.15, 0.2) is 46.6 Å². The zero-order valence-corrected chi connectivity index (χ0v) is 16.8. The van der Waals surface area contributed by atoms with Gasteiger partial charge < -0.3 is 10.7 Å². The van der Waals surface area contributed by atoms with Gasteiger partial charge in [-0.1, -0.05) is 39.7 Å². The van der Waals surface area contributed by atoms with Crippen molar-refractivity contribution in [3.8, 4) is 0 Å². The van der Waals surface area contributed by atoms with Crippen LogP contribution in [-0.2, 0) is 0 Å². The van der Waals surface area contributed by atoms with E-state index >= 15 is 0 Å². The van der Waals surface area contributed by atoms with Crippen LogP contribution in [0.2, 0.25) is 5.02 Å². The molecule has 0 amide bonds. The average molecular weight is 438 g/mol. The fraction of sp³-hybridized carbons (Fsp3) is 0.263. The lowest BCUT2D eigenvalue weighted by Crippen LogP contribution is -2.40. The summed E-state index contributed by atoms with van der Waals surface area (Å²) in [6.07, 6.45) is 0.802. The van der Waals surface area contributed by atoms with Crippen molar-refractivity contribution in [3.63, 3.8) is 0 Å². The molecule has 4 nitrogen and oxygen atoms in total. The Morgan fingerprint density at radius 3 is 2.88 bits per heavy atom. The number of allylic oxidation sites excluding steroid dienone is 1. The van der Waals surface area contributed by atoms with E-state index in [1.54, 1.807) is 12.1 Å². The van der Waals surface area contributed by atoms with Crippen LogP contribution >= 0.6 is 27.5 Å². The van der Waals surface area contributed by atoms with Crippen molar-refractivity contribution < 1.29 is 4.39 Å². The number of halogens is 3. The Morgan fingerprint density at radius 2 is 2.12 bits per heavy atom. The predicted octanol–water partition coefficient (Wildman–Crippen LogP) is 5.15. The van der Waals surface area contributed by atoms with Gasteiger partial charge in [0.05, 0.1) is 28.1 Å². The first-order valence-electron chi connectivity index (χ1n) is 8.45. The maximum Gasteiger partial charge on any atom is 0.147 e. The van der Waals surface area contributed by atoms with E-state index in [0.29, 0.717) is 10.7 Å². The molecule has 26 heavy (non-hydrogen) atoms. The summed E-state index contributed by atoms with van der Waals surface area (Å²) < 4.78 is 15.3. The fourth-order valence-electron chi connectivity index (χ4n) is 3.71. The Labute approximate surface area is 165 Å². The topological polar surface area (TPSA) is 30.5 Å². The number of benzene rings is 2. The molecule has 0 spiro atoms. The van der Waals surface area contributed by atoms with E-state index in [1.807, 2.05) is 18.2 Å². The first kappa shape index (κ1) is 17.6. The monoisotopic (exact) mass is 436 g/mol. The number of para-hydroxylation sites is 1. The molecular weight excluding hydrogens is 419 g/mol. The Morgan fingerprint density at radius 1 is 1.31 bits per heavy atom. The van der Waals surface area contributed by atoms with Crippen molar-refractivity contribution in [2.24, 2.45) is 0 Å². The molecule has 1 unspecified atom stereocenters. The van der Waals surface area contributed by atoms with Gasteiger partial charge in [0.1, 0.15) is 5.82 Å². The van der Waals surface area contributed by atoms with Crippen LogP contribution in [0.5, 0.6) is 0 Å². The summed E-state index contributed by atoms with van der Waals surface area (Å²) in [5, 5.41) is 7.94. The van der Waals surface area contributed by atoms with Gasteiger partial charge in [-0.2, -0.15) is 0 Å². The third kappa shape index (κ3) is 2.96. The minimum Gasteiger partial charge on any atom is -0.375 e. The Hall–Kier alpha value is -1.76. The van der Waals surface area contributed by atoms with Gasteiger partial charge in [-0.25, -0.2) is 4.39 Å². The highest BCUT2D eigenvalue weighted by Gasteiger charge is 2.33. The van der Waals surface area contributed by atoms with Crippen LogP contribution in [0.25, 0.3) is 5.70 Å². The van der Waals surface area contributed by atoms with E-state index in [-0.39, 0.29) is 11.9 Å². The van der Waals surface area contributed by atoms with E-state index in [9.17, 15) is 4.39 Å². The van der Waals surface area contributed by atoms with Gasteiger partial charge >= 0.3 is 0 Å². The summed E-state index contributed by atoms with van der Waals surface area (Å²) in [5.74, 6) is -0.340. The number of anilines is 1. The third-order valence-electron chi connectivity index (χ3n) is 4.86. The highest BCUT2D eigenvalue weighted by Crippen LogP contribution is 2.40. The third-order valence-corrected chi connectivity index (χ3v) is 5.67. The molecule has 2 aromatic rings. The summed E-state index contributed by atoms with van der Waals surface area (Å²) in [4.78, 5) is 0. The first-order chi connectivity index (χ1) is 12.5. The van der Waals surface area contributed by atoms with Gasteiger partial charge in [0.15, 0.2) is 0 Å². The molecule has 2 N–H and O–H groups in total. The number of fused-ring (bicyclic) bond motifs is 3. The largest absolute Gasteiger partial charge is 0.375 e. The van der Waals surface area contributed by atoms with Gasteiger partial charge in [-0.15, -0.1) is 5.12 Å². The molecule has 0 saturated heterocycles. The van der Waals surface area contributed by atoms with Crippen LogP contribution in [0.1, 0.15) is 30.5 Å². The number of hydrogen-bond acceptors (Lipinski definition) is 4. The number of hydrogen-bond donors (Lipinski definition) is 2. The summed E-state index contributed by atoms with van der Waals surface area (Å²) in [6.45, 7) is 2.87. The maximum atomic E-state index is 14.3. The van der Waals surface area contributed by atoms with Crippen LogP contribution in [0, 0.1) is 5.82 Å². The Kier molecular flexibility index (Phi) is 4.59. The Bertz CT molecular complexity index is 881. The highest BCUT2D eigenvalue weighted by molar-refractivity contribution is 9.10. The molecule has 0 fully saturated rings. The lowest BCUT2D eigenvalue weighted by Gasteiger charge is -2.27. The zero-order chi connectivity index (χ0) is 18.4. The molecule has 0 bridgehead atoms. The second-order valence-corrected chi connectivity index (χ2v) is 7.87. The van der Waals surface area contributed by atoms with Crippen LogP contribution in [-0.4, -0.2) is 23.7 Å². The molecule has 0 aromatic heterocycles. The van der Waals surface area contributed by atoms with Gasteiger partial charge in [0.2, 0.25) is 0 Å². The van der Waals surface area contributed by atoms with Crippen molar-refractivity contribution in [3.05, 3.63) is 68.5 Å². The normalized spacial score (nSPS) is 19.7. The smallest absolute Gasteiger partial charge is 0.147 e. The van der Waals surface area contributed by atoms with Crippen LogP contribution < -0.4 is 10.7 Å². The quantitative estimate of drug-likeness (QED) is 0.680. The molecule has 0 aliphatic carbocycles. The van der Waals surface area contributed by atoms with Crippen molar-refractivity contribution in [2.45, 2.75) is 19.4 Å². The number of rotatable bonds is 2. The molecule has 0 radical (unpaired) electrons. The number of nitrogens with zero attached hydrogens (tertiary/aromatic N) is 2. The van der Waals surface area contributed by atoms with E-state index in [1.165, 1.54) is 6.07 Å². The molecule has 2 aromatic carbocycles. The second-order valence-electron chi connectivity index (χ2n) is 6.55. The van der Waals surface area contributed by atoms with Crippen LogP contribution in [0.3, 0.4) is 0 Å². The van der Waals surface area contributed by atoms with E-state index in [4.69, 9.17) is 11.6 Å². The Balaban J connectivity index is 1.81. The average Bonchev–Trinajstić information content (AvgIpc) is 2.78. The SMILES string of the molecule is CC1=C2c3ccc(Br)cc3C(Nc3c(F)cccc3Cl)CCN2N(C)N1. The van der Waals surface area contributed by atoms with Crippen LogP contribution in [0.4, 0.5) is 10.1 Å². The van der Waals surface area contributed by atoms with Gasteiger partial charge in [0, 0.05) is 23.6 Å². The van der Waals surface area contributed by atoms with Crippen molar-refractivity contribution >= 4 is 38.9 Å². The maximum absolute atomic E-state index is 14.3. The van der Waals surface area contributed by atoms with E-state index in [0.717, 1.165) is 40.0 Å². The summed E-state index contributed by atoms with van der Waals surface area (Å²) in [6, 6.07) is 10.9. The molecule has 0 saturated carbocycles. The molecular formula is C19H19BrClFN4. The predicted molar refractivity (Wildman–Crippen MR) is 107 cm³/mol. The van der Waals surface area contributed by atoms with Crippen molar-refractivity contribution in [1.29, 1.82) is 0 Å². The second kappa shape index (κ2) is 6.76. The number of hydrazine groups is 2. The number of nitrogens with one attached hydrogen (secondary N) is 2. The standard InChI is InChI=1S/C19H19BrClFN4/c1-11-19-13-7-6-12(20)10-14(13)17(8-9-26(19)25(2)24-11)23-18-15(21)4-3-5-16(18)22/h3-7,10,17,23-24H,8-9H2,1-2H3. The zero-order valence-electron chi connectivity index (χ0n) is 14.5. The van der Waals surface area contributed by atoms with Gasteiger partial charge in [0.25, 0.3) is 0 Å². The van der Waals surface area contributed by atoms with E-state index < -0.39 is 0 Å². The molecule has 2 aliphatic rings. The molecule has 2 heterocycles. The highest BCUT2D eigenvalue weighted by atomic mass is 79.9. The molecule has 1 atom stereocenters. The van der Waals surface area contributed by atoms with Gasteiger partial charge in [-0.3, -0.25) is 5.01 Å². The minimum absolute atomic E-state index is 0.0591. The molecule has 7 heteroatoms. The molecule has 4 rings (SSSR count). The minimum atomic E-state index is -0.340. The van der Waals surface area contributed by atoms with Crippen molar-refractivity contribution in [2.75, 3.05) is 18.9 Å².